The van der Waals surface area contributed by atoms with Gasteiger partial charge in [-0.2, -0.15) is 0 Å². The van der Waals surface area contributed by atoms with Gasteiger partial charge in [-0.25, -0.2) is 4.39 Å². The Kier molecular flexibility index (Phi) is 10.4. The Bertz CT molecular complexity index is 751. The van der Waals surface area contributed by atoms with E-state index in [4.69, 9.17) is 0 Å². The van der Waals surface area contributed by atoms with Crippen LogP contribution in [0.5, 0.6) is 0 Å². The fourth-order valence-corrected chi connectivity index (χ4v) is 4.40. The molecular formula is C20H28Cl2FN3OS. The van der Waals surface area contributed by atoms with Crippen molar-refractivity contribution in [3.05, 3.63) is 47.1 Å². The van der Waals surface area contributed by atoms with Crippen molar-refractivity contribution >= 4 is 42.1 Å². The van der Waals surface area contributed by atoms with Crippen LogP contribution in [0, 0.1) is 11.7 Å². The van der Waals surface area contributed by atoms with Gasteiger partial charge < -0.3 is 10.2 Å². The minimum Gasteiger partial charge on any atom is -0.340 e. The Labute approximate surface area is 182 Å². The van der Waals surface area contributed by atoms with Crippen molar-refractivity contribution in [3.8, 4) is 10.4 Å². The SMILES string of the molecule is CNCC(C)C(=O)N1CCN(Cc2ccc(-c3ccccc3F)s2)CC1.Cl.Cl. The van der Waals surface area contributed by atoms with Crippen molar-refractivity contribution in [2.24, 2.45) is 5.92 Å². The van der Waals surface area contributed by atoms with Gasteiger partial charge in [-0.15, -0.1) is 36.2 Å². The lowest BCUT2D eigenvalue weighted by Gasteiger charge is -2.35. The minimum atomic E-state index is -0.177. The monoisotopic (exact) mass is 447 g/mol. The van der Waals surface area contributed by atoms with Crippen LogP contribution in [0.3, 0.4) is 0 Å². The van der Waals surface area contributed by atoms with Gasteiger partial charge in [0.1, 0.15) is 5.82 Å². The molecule has 1 fully saturated rings. The standard InChI is InChI=1S/C20H26FN3OS.2ClH/c1-15(13-22-2)20(25)24-11-9-23(10-12-24)14-16-7-8-19(26-16)17-5-3-4-6-18(17)21;;/h3-8,15,22H,9-14H2,1-2H3;2*1H. The number of amides is 1. The summed E-state index contributed by atoms with van der Waals surface area (Å²) in [4.78, 5) is 18.9. The van der Waals surface area contributed by atoms with Crippen LogP contribution in [0.15, 0.2) is 36.4 Å². The molecule has 1 unspecified atom stereocenters. The lowest BCUT2D eigenvalue weighted by atomic mass is 10.1. The molecule has 1 aromatic heterocycles. The summed E-state index contributed by atoms with van der Waals surface area (Å²) in [7, 11) is 1.87. The molecule has 0 aliphatic carbocycles. The predicted octanol–water partition coefficient (Wildman–Crippen LogP) is 3.90. The van der Waals surface area contributed by atoms with Crippen LogP contribution in [0.25, 0.3) is 10.4 Å². The fraction of sp³-hybridized carbons (Fsp3) is 0.450. The summed E-state index contributed by atoms with van der Waals surface area (Å²) in [5.41, 5.74) is 0.665. The molecule has 4 nitrogen and oxygen atoms in total. The van der Waals surface area contributed by atoms with Gasteiger partial charge >= 0.3 is 0 Å². The van der Waals surface area contributed by atoms with Crippen molar-refractivity contribution < 1.29 is 9.18 Å². The second-order valence-electron chi connectivity index (χ2n) is 6.81. The second-order valence-corrected chi connectivity index (χ2v) is 7.97. The number of hydrogen-bond donors (Lipinski definition) is 1. The number of halogens is 3. The molecule has 0 spiro atoms. The Morgan fingerprint density at radius 2 is 1.82 bits per heavy atom. The highest BCUT2D eigenvalue weighted by Crippen LogP contribution is 2.30. The van der Waals surface area contributed by atoms with Crippen LogP contribution in [0.2, 0.25) is 0 Å². The minimum absolute atomic E-state index is 0. The molecule has 1 atom stereocenters. The van der Waals surface area contributed by atoms with E-state index in [2.05, 4.69) is 16.3 Å². The number of carbonyl (C=O) groups is 1. The van der Waals surface area contributed by atoms with Gasteiger partial charge in [-0.05, 0) is 25.2 Å². The Hall–Kier alpha value is -1.18. The number of piperazine rings is 1. The first-order valence-corrected chi connectivity index (χ1v) is 9.89. The van der Waals surface area contributed by atoms with Crippen LogP contribution in [0.1, 0.15) is 11.8 Å². The summed E-state index contributed by atoms with van der Waals surface area (Å²) in [6.45, 7) is 6.86. The van der Waals surface area contributed by atoms with Crippen LogP contribution in [0.4, 0.5) is 4.39 Å². The molecule has 2 aromatic rings. The molecule has 0 radical (unpaired) electrons. The van der Waals surface area contributed by atoms with E-state index in [1.54, 1.807) is 17.4 Å². The van der Waals surface area contributed by atoms with Crippen LogP contribution in [-0.4, -0.2) is 55.5 Å². The lowest BCUT2D eigenvalue weighted by molar-refractivity contribution is -0.136. The van der Waals surface area contributed by atoms with E-state index < -0.39 is 0 Å². The molecule has 1 amide bonds. The van der Waals surface area contributed by atoms with E-state index >= 15 is 0 Å². The van der Waals surface area contributed by atoms with Crippen molar-refractivity contribution in [2.45, 2.75) is 13.5 Å². The molecule has 0 saturated carbocycles. The van der Waals surface area contributed by atoms with Crippen molar-refractivity contribution in [1.29, 1.82) is 0 Å². The van der Waals surface area contributed by atoms with Crippen molar-refractivity contribution in [1.82, 2.24) is 15.1 Å². The molecule has 8 heteroatoms. The summed E-state index contributed by atoms with van der Waals surface area (Å²) >= 11 is 1.64. The van der Waals surface area contributed by atoms with Gasteiger partial charge in [0, 0.05) is 60.5 Å². The van der Waals surface area contributed by atoms with Crippen molar-refractivity contribution in [3.63, 3.8) is 0 Å². The Morgan fingerprint density at radius 3 is 2.46 bits per heavy atom. The zero-order chi connectivity index (χ0) is 18.5. The van der Waals surface area contributed by atoms with Gasteiger partial charge in [-0.3, -0.25) is 9.69 Å². The maximum absolute atomic E-state index is 13.9. The molecule has 1 saturated heterocycles. The number of rotatable bonds is 6. The molecule has 1 N–H and O–H groups in total. The number of hydrogen-bond acceptors (Lipinski definition) is 4. The Balaban J connectivity index is 0.00000196. The molecule has 0 bridgehead atoms. The molecular weight excluding hydrogens is 420 g/mol. The first-order chi connectivity index (χ1) is 12.6. The zero-order valence-electron chi connectivity index (χ0n) is 16.2. The summed E-state index contributed by atoms with van der Waals surface area (Å²) in [5, 5.41) is 3.07. The summed E-state index contributed by atoms with van der Waals surface area (Å²) in [6.07, 6.45) is 0. The third kappa shape index (κ3) is 6.16. The van der Waals surface area contributed by atoms with E-state index in [0.29, 0.717) is 12.1 Å². The van der Waals surface area contributed by atoms with Crippen LogP contribution >= 0.6 is 36.2 Å². The summed E-state index contributed by atoms with van der Waals surface area (Å²) < 4.78 is 13.9. The van der Waals surface area contributed by atoms with E-state index in [1.807, 2.05) is 37.1 Å². The smallest absolute Gasteiger partial charge is 0.226 e. The van der Waals surface area contributed by atoms with Gasteiger partial charge in [0.25, 0.3) is 0 Å². The third-order valence-electron chi connectivity index (χ3n) is 4.80. The maximum Gasteiger partial charge on any atom is 0.226 e. The second kappa shape index (κ2) is 11.7. The lowest BCUT2D eigenvalue weighted by Crippen LogP contribution is -2.50. The van der Waals surface area contributed by atoms with Gasteiger partial charge in [0.15, 0.2) is 0 Å². The van der Waals surface area contributed by atoms with Crippen molar-refractivity contribution in [2.75, 3.05) is 39.8 Å². The number of nitrogens with one attached hydrogen (secondary N) is 1. The molecule has 1 aliphatic rings. The van der Waals surface area contributed by atoms with E-state index in [-0.39, 0.29) is 42.5 Å². The zero-order valence-corrected chi connectivity index (χ0v) is 18.6. The largest absolute Gasteiger partial charge is 0.340 e. The number of benzene rings is 1. The highest BCUT2D eigenvalue weighted by Gasteiger charge is 2.24. The molecule has 1 aliphatic heterocycles. The third-order valence-corrected chi connectivity index (χ3v) is 5.90. The topological polar surface area (TPSA) is 35.6 Å². The summed E-state index contributed by atoms with van der Waals surface area (Å²) in [5.74, 6) is 0.0767. The molecule has 1 aromatic carbocycles. The number of carbonyl (C=O) groups excluding carboxylic acids is 1. The average molecular weight is 448 g/mol. The normalized spacial score (nSPS) is 15.5. The van der Waals surface area contributed by atoms with E-state index in [0.717, 1.165) is 37.6 Å². The van der Waals surface area contributed by atoms with Crippen LogP contribution < -0.4 is 5.32 Å². The molecule has 28 heavy (non-hydrogen) atoms. The molecule has 156 valence electrons. The first-order valence-electron chi connectivity index (χ1n) is 9.08. The van der Waals surface area contributed by atoms with Crippen LogP contribution in [-0.2, 0) is 11.3 Å². The molecule has 3 rings (SSSR count). The first kappa shape index (κ1) is 24.9. The number of thiophene rings is 1. The molecule has 2 heterocycles. The quantitative estimate of drug-likeness (QED) is 0.728. The van der Waals surface area contributed by atoms with E-state index in [9.17, 15) is 9.18 Å². The highest BCUT2D eigenvalue weighted by atomic mass is 35.5. The summed E-state index contributed by atoms with van der Waals surface area (Å²) in [6, 6.07) is 11.0. The fourth-order valence-electron chi connectivity index (χ4n) is 3.32. The maximum atomic E-state index is 13.9. The van der Waals surface area contributed by atoms with Gasteiger partial charge in [0.2, 0.25) is 5.91 Å². The highest BCUT2D eigenvalue weighted by molar-refractivity contribution is 7.15. The van der Waals surface area contributed by atoms with Gasteiger partial charge in [0.05, 0.1) is 0 Å². The number of nitrogens with zero attached hydrogens (tertiary/aromatic N) is 2. The predicted molar refractivity (Wildman–Crippen MR) is 119 cm³/mol. The van der Waals surface area contributed by atoms with Gasteiger partial charge in [-0.1, -0.05) is 25.1 Å². The Morgan fingerprint density at radius 1 is 1.14 bits per heavy atom. The van der Waals surface area contributed by atoms with E-state index in [1.165, 1.54) is 10.9 Å². The average Bonchev–Trinajstić information content (AvgIpc) is 3.10.